The van der Waals surface area contributed by atoms with Gasteiger partial charge < -0.3 is 5.11 Å². The summed E-state index contributed by atoms with van der Waals surface area (Å²) in [5.41, 5.74) is 0.990. The molecule has 3 rings (SSSR count). The minimum absolute atomic E-state index is 0.00384. The van der Waals surface area contributed by atoms with Gasteiger partial charge >= 0.3 is 5.97 Å². The molecule has 0 bridgehead atoms. The Balaban J connectivity index is 2.25. The van der Waals surface area contributed by atoms with Gasteiger partial charge in [-0.15, -0.1) is 0 Å². The number of carbonyl (C=O) groups is 1. The van der Waals surface area contributed by atoms with Gasteiger partial charge in [0, 0.05) is 36.8 Å². The molecule has 1 unspecified atom stereocenters. The summed E-state index contributed by atoms with van der Waals surface area (Å²) in [5.74, 6) is -1.41. The Labute approximate surface area is 221 Å². The number of hydrogen-bond donors (Lipinski definition) is 4. The van der Waals surface area contributed by atoms with Crippen LogP contribution in [0.2, 0.25) is 0 Å². The van der Waals surface area contributed by atoms with E-state index in [9.17, 15) is 39.2 Å². The van der Waals surface area contributed by atoms with Crippen LogP contribution in [0.25, 0.3) is 10.8 Å². The number of benzene rings is 2. The van der Waals surface area contributed by atoms with Crippen molar-refractivity contribution in [2.75, 3.05) is 12.3 Å². The molecule has 1 atom stereocenters. The van der Waals surface area contributed by atoms with Crippen molar-refractivity contribution in [3.8, 4) is 0 Å². The Bertz CT molecular complexity index is 1640. The predicted molar refractivity (Wildman–Crippen MR) is 138 cm³/mol. The van der Waals surface area contributed by atoms with Gasteiger partial charge in [-0.3, -0.25) is 18.5 Å². The van der Waals surface area contributed by atoms with Gasteiger partial charge in [-0.2, -0.15) is 29.8 Å². The summed E-state index contributed by atoms with van der Waals surface area (Å²) in [7, 11) is -14.0. The van der Waals surface area contributed by atoms with E-state index in [4.69, 9.17) is 9.66 Å². The molecule has 12 nitrogen and oxygen atoms in total. The monoisotopic (exact) mass is 592 g/mol. The van der Waals surface area contributed by atoms with Crippen molar-refractivity contribution in [3.05, 3.63) is 29.8 Å². The van der Waals surface area contributed by atoms with Crippen molar-refractivity contribution in [2.45, 2.75) is 67.6 Å². The highest BCUT2D eigenvalue weighted by Gasteiger charge is 2.47. The van der Waals surface area contributed by atoms with E-state index < -0.39 is 57.3 Å². The molecule has 0 radical (unpaired) electrons. The Morgan fingerprint density at radius 3 is 2.11 bits per heavy atom. The van der Waals surface area contributed by atoms with Crippen LogP contribution >= 0.6 is 0 Å². The SMILES string of the molecule is CC1=[N+](CCCS(=O)(=O)O)c2ccc3c(S(=O)(=O)O)cc(S(=O)(=O)O)cc3c2C1(C)CCCCCC(=O)O. The third kappa shape index (κ3) is 6.40. The molecule has 0 aliphatic carbocycles. The average Bonchev–Trinajstić information content (AvgIpc) is 2.98. The molecule has 1 heterocycles. The van der Waals surface area contributed by atoms with Crippen LogP contribution in [0.4, 0.5) is 5.69 Å². The second-order valence-corrected chi connectivity index (χ2v) is 14.0. The standard InChI is InChI=1S/C23H29NO11S3/c1-15-23(2,10-5-3-4-7-21(25)26)22-18-13-16(37(30,31)32)14-20(38(33,34)35)17(18)8-9-19(22)24(15)11-6-12-36(27,28)29/h8-9,13-14H,3-7,10-12H2,1-2H3,(H3-,25,26,27,28,29,30,31,32,33,34,35)/p+1. The number of nitrogens with zero attached hydrogens (tertiary/aromatic N) is 1. The molecular formula is C23H30NO11S3+. The molecular weight excluding hydrogens is 562 g/mol. The van der Waals surface area contributed by atoms with Crippen molar-refractivity contribution in [1.29, 1.82) is 0 Å². The third-order valence-electron chi connectivity index (χ3n) is 7.02. The summed E-state index contributed by atoms with van der Waals surface area (Å²) in [6.07, 6.45) is 2.09. The first-order valence-electron chi connectivity index (χ1n) is 11.7. The minimum Gasteiger partial charge on any atom is -0.481 e. The van der Waals surface area contributed by atoms with E-state index in [0.29, 0.717) is 43.0 Å². The number of carboxylic acids is 1. The molecule has 210 valence electrons. The first-order valence-corrected chi connectivity index (χ1v) is 16.2. The molecule has 2 aromatic carbocycles. The molecule has 0 saturated heterocycles. The summed E-state index contributed by atoms with van der Waals surface area (Å²) >= 11 is 0. The van der Waals surface area contributed by atoms with Gasteiger partial charge in [0.25, 0.3) is 30.4 Å². The van der Waals surface area contributed by atoms with Gasteiger partial charge in [0.2, 0.25) is 5.69 Å². The molecule has 4 N–H and O–H groups in total. The lowest BCUT2D eigenvalue weighted by atomic mass is 9.74. The number of carboxylic acid groups (broad SMARTS) is 1. The van der Waals surface area contributed by atoms with Crippen LogP contribution in [-0.2, 0) is 40.6 Å². The zero-order valence-electron chi connectivity index (χ0n) is 20.8. The quantitative estimate of drug-likeness (QED) is 0.160. The first-order chi connectivity index (χ1) is 17.4. The molecule has 38 heavy (non-hydrogen) atoms. The summed E-state index contributed by atoms with van der Waals surface area (Å²) in [6, 6.07) is 4.80. The second-order valence-electron chi connectivity index (χ2n) is 9.59. The summed E-state index contributed by atoms with van der Waals surface area (Å²) in [6.45, 7) is 3.82. The van der Waals surface area contributed by atoms with Crippen LogP contribution in [0.1, 0.15) is 57.9 Å². The lowest BCUT2D eigenvalue weighted by molar-refractivity contribution is -0.438. The van der Waals surface area contributed by atoms with Gasteiger partial charge in [0.1, 0.15) is 11.4 Å². The Hall–Kier alpha value is -2.43. The summed E-state index contributed by atoms with van der Waals surface area (Å²) in [4.78, 5) is 9.45. The number of aliphatic carboxylic acids is 1. The third-order valence-corrected chi connectivity index (χ3v) is 9.55. The van der Waals surface area contributed by atoms with E-state index in [1.807, 2.05) is 11.5 Å². The highest BCUT2D eigenvalue weighted by Crippen LogP contribution is 2.48. The van der Waals surface area contributed by atoms with Gasteiger partial charge in [-0.1, -0.05) is 12.8 Å². The fourth-order valence-corrected chi connectivity index (χ4v) is 6.95. The van der Waals surface area contributed by atoms with E-state index in [0.717, 1.165) is 11.8 Å². The Morgan fingerprint density at radius 2 is 1.55 bits per heavy atom. The predicted octanol–water partition coefficient (Wildman–Crippen LogP) is 3.02. The summed E-state index contributed by atoms with van der Waals surface area (Å²) in [5, 5.41) is 9.11. The maximum absolute atomic E-state index is 12.2. The van der Waals surface area contributed by atoms with Gasteiger partial charge in [-0.25, -0.2) is 0 Å². The molecule has 0 fully saturated rings. The van der Waals surface area contributed by atoms with Crippen molar-refractivity contribution in [3.63, 3.8) is 0 Å². The van der Waals surface area contributed by atoms with Gasteiger partial charge in [-0.05, 0) is 43.4 Å². The molecule has 0 spiro atoms. The number of rotatable bonds is 12. The minimum atomic E-state index is -4.90. The molecule has 0 saturated carbocycles. The zero-order chi connectivity index (χ0) is 28.7. The zero-order valence-corrected chi connectivity index (χ0v) is 23.2. The van der Waals surface area contributed by atoms with E-state index in [1.165, 1.54) is 6.07 Å². The van der Waals surface area contributed by atoms with Crippen molar-refractivity contribution < 1.29 is 53.4 Å². The van der Waals surface area contributed by atoms with Crippen LogP contribution in [-0.4, -0.2) is 72.6 Å². The fraction of sp³-hybridized carbons (Fsp3) is 0.478. The highest BCUT2D eigenvalue weighted by atomic mass is 32.2. The van der Waals surface area contributed by atoms with Crippen molar-refractivity contribution >= 4 is 58.5 Å². The lowest BCUT2D eigenvalue weighted by Crippen LogP contribution is -2.31. The smallest absolute Gasteiger partial charge is 0.303 e. The van der Waals surface area contributed by atoms with Crippen LogP contribution in [0.3, 0.4) is 0 Å². The Morgan fingerprint density at radius 1 is 0.895 bits per heavy atom. The molecule has 1 aliphatic rings. The van der Waals surface area contributed by atoms with Crippen LogP contribution in [0.5, 0.6) is 0 Å². The first kappa shape index (κ1) is 30.1. The Kier molecular flexibility index (Phi) is 8.42. The van der Waals surface area contributed by atoms with Crippen molar-refractivity contribution in [1.82, 2.24) is 0 Å². The molecule has 15 heteroatoms. The van der Waals surface area contributed by atoms with Crippen LogP contribution < -0.4 is 0 Å². The van der Waals surface area contributed by atoms with E-state index in [-0.39, 0.29) is 30.2 Å². The lowest BCUT2D eigenvalue weighted by Gasteiger charge is -2.24. The number of fused-ring (bicyclic) bond motifs is 3. The second kappa shape index (κ2) is 10.6. The van der Waals surface area contributed by atoms with E-state index in [2.05, 4.69) is 0 Å². The van der Waals surface area contributed by atoms with Crippen LogP contribution in [0, 0.1) is 0 Å². The molecule has 0 amide bonds. The summed E-state index contributed by atoms with van der Waals surface area (Å²) < 4.78 is 101. The van der Waals surface area contributed by atoms with Crippen molar-refractivity contribution in [2.24, 2.45) is 0 Å². The molecule has 0 aromatic heterocycles. The van der Waals surface area contributed by atoms with Gasteiger partial charge in [0.05, 0.1) is 16.1 Å². The largest absolute Gasteiger partial charge is 0.481 e. The van der Waals surface area contributed by atoms with Gasteiger partial charge in [0.15, 0.2) is 5.71 Å². The van der Waals surface area contributed by atoms with Crippen LogP contribution in [0.15, 0.2) is 34.1 Å². The highest BCUT2D eigenvalue weighted by molar-refractivity contribution is 7.87. The van der Waals surface area contributed by atoms with E-state index in [1.54, 1.807) is 13.0 Å². The number of hydrogen-bond acceptors (Lipinski definition) is 7. The average molecular weight is 593 g/mol. The number of unbranched alkanes of at least 4 members (excludes halogenated alkanes) is 2. The maximum Gasteiger partial charge on any atom is 0.303 e. The molecule has 1 aliphatic heterocycles. The topological polar surface area (TPSA) is 203 Å². The molecule has 2 aromatic rings. The van der Waals surface area contributed by atoms with E-state index >= 15 is 0 Å². The maximum atomic E-state index is 12.2. The fourth-order valence-electron chi connectivity index (χ4n) is 5.12. The normalized spacial score (nSPS) is 18.2.